The molecule has 73 heavy (non-hydrogen) atoms. The molecule has 0 saturated carbocycles. The number of nitrogens with zero attached hydrogens (tertiary/aromatic N) is 11. The average Bonchev–Trinajstić information content (AvgIpc) is 3.80. The number of likely N-dealkylation sites (N-methyl/N-ethyl adjacent to an activating group) is 2. The second-order valence-corrected chi connectivity index (χ2v) is 21.6. The Balaban J connectivity index is 0.000000214. The van der Waals surface area contributed by atoms with E-state index >= 15 is 0 Å². The van der Waals surface area contributed by atoms with Gasteiger partial charge in [0.2, 0.25) is 20.0 Å². The van der Waals surface area contributed by atoms with Crippen LogP contribution in [0.4, 0.5) is 0 Å². The third-order valence-corrected chi connectivity index (χ3v) is 16.4. The lowest BCUT2D eigenvalue weighted by Gasteiger charge is -2.42. The largest absolute Gasteiger partial charge is 0.493 e. The molecular formula is C46H63N13O12S2. The molecule has 27 heteroatoms. The maximum absolute atomic E-state index is 13.4. The molecule has 6 heterocycles. The predicted molar refractivity (Wildman–Crippen MR) is 268 cm³/mol. The molecular weight excluding hydrogens is 991 g/mol. The van der Waals surface area contributed by atoms with Gasteiger partial charge in [-0.15, -0.1) is 20.3 Å². The summed E-state index contributed by atoms with van der Waals surface area (Å²) >= 11 is 0. The summed E-state index contributed by atoms with van der Waals surface area (Å²) in [7, 11) is -4.00. The van der Waals surface area contributed by atoms with Gasteiger partial charge in [-0.1, -0.05) is 13.8 Å². The van der Waals surface area contributed by atoms with E-state index in [4.69, 9.17) is 14.6 Å². The van der Waals surface area contributed by atoms with E-state index in [0.717, 1.165) is 12.8 Å². The average molecular weight is 1050 g/mol. The summed E-state index contributed by atoms with van der Waals surface area (Å²) in [5.74, 6) is 2.51. The Morgan fingerprint density at radius 1 is 0.712 bits per heavy atom. The molecule has 2 aliphatic heterocycles. The molecule has 0 radical (unpaired) electrons. The van der Waals surface area contributed by atoms with E-state index in [2.05, 4.69) is 35.0 Å². The highest BCUT2D eigenvalue weighted by Crippen LogP contribution is 2.35. The lowest BCUT2D eigenvalue weighted by molar-refractivity contribution is -0.757. The predicted octanol–water partition coefficient (Wildman–Crippen LogP) is 2.30. The highest BCUT2D eigenvalue weighted by Gasteiger charge is 2.40. The number of aromatic nitrogens is 8. The van der Waals surface area contributed by atoms with Gasteiger partial charge in [0.15, 0.2) is 22.7 Å². The number of fused-ring (bicyclic) bond motifs is 2. The van der Waals surface area contributed by atoms with Crippen LogP contribution in [0.15, 0.2) is 55.8 Å². The molecule has 25 nitrogen and oxygen atoms in total. The third kappa shape index (κ3) is 11.4. The number of imidazole rings is 2. The third-order valence-electron chi connectivity index (χ3n) is 12.7. The zero-order valence-corrected chi connectivity index (χ0v) is 43.8. The topological polar surface area (TPSA) is 298 Å². The van der Waals surface area contributed by atoms with Crippen LogP contribution in [0.25, 0.3) is 33.8 Å². The highest BCUT2D eigenvalue weighted by molar-refractivity contribution is 7.89. The van der Waals surface area contributed by atoms with Crippen molar-refractivity contribution < 1.29 is 41.3 Å². The SMILES string of the molecule is CCCc1nc(C)c2c(=O)[nH]c(-c3cc(S(=O)(=O)N4CC(N(C)CCO)C4)ccc3OCC)nn12.CCCc1nc(C)c2c(=O)[nH]c(-c3cc(S(=O)(=O)N4CC(N(C)CCO[N+](=O)[O-])C4)ccc3OCC)nn12. The summed E-state index contributed by atoms with van der Waals surface area (Å²) in [4.78, 5) is 59.0. The normalized spacial score (nSPS) is 14.9. The van der Waals surface area contributed by atoms with Crippen molar-refractivity contribution in [1.82, 2.24) is 57.6 Å². The number of sulfonamides is 2. The van der Waals surface area contributed by atoms with Crippen molar-refractivity contribution in [2.45, 2.75) is 89.1 Å². The zero-order valence-electron chi connectivity index (χ0n) is 42.2. The molecule has 3 N–H and O–H groups in total. The molecule has 0 bridgehead atoms. The lowest BCUT2D eigenvalue weighted by Crippen LogP contribution is -2.60. The quantitative estimate of drug-likeness (QED) is 0.0649. The van der Waals surface area contributed by atoms with Gasteiger partial charge in [0.1, 0.15) is 29.8 Å². The molecule has 0 atom stereocenters. The fourth-order valence-corrected chi connectivity index (χ4v) is 11.7. The standard InChI is InChI=1S/C23H31N7O7S.C23H32N6O5S/c1-5-7-20-24-15(3)21-23(31)25-22(26-29(20)21)18-12-17(8-9-19(18)36-6-2)38(34,35)28-13-16(14-28)27(4)10-11-37-30(32)33;1-5-7-20-24-15(3)21-23(31)25-22(26-29(20)21)18-12-17(8-9-19(18)34-6-2)35(32,33)28-13-16(14-28)27(4)10-11-30/h8-9,12,16H,5-7,10-11,13-14H2,1-4H3,(H,25,26,31);8-9,12,16,30H,5-7,10-11,13-14H2,1-4H3,(H,25,26,31). The Hall–Kier alpha value is -6.36. The fraction of sp³-hybridized carbons (Fsp3) is 0.522. The van der Waals surface area contributed by atoms with E-state index in [1.165, 1.54) is 37.4 Å². The molecule has 2 fully saturated rings. The number of rotatable bonds is 22. The second-order valence-electron chi connectivity index (χ2n) is 17.7. The van der Waals surface area contributed by atoms with E-state index in [0.29, 0.717) is 109 Å². The molecule has 0 spiro atoms. The minimum Gasteiger partial charge on any atom is -0.493 e. The van der Waals surface area contributed by atoms with Crippen molar-refractivity contribution in [2.75, 3.05) is 79.8 Å². The Labute approximate surface area is 421 Å². The first-order valence-corrected chi connectivity index (χ1v) is 27.0. The van der Waals surface area contributed by atoms with Crippen LogP contribution in [0.5, 0.6) is 11.5 Å². The van der Waals surface area contributed by atoms with Crippen LogP contribution in [0.2, 0.25) is 0 Å². The fourth-order valence-electron chi connectivity index (χ4n) is 8.62. The van der Waals surface area contributed by atoms with Crippen LogP contribution in [-0.2, 0) is 37.7 Å². The van der Waals surface area contributed by atoms with E-state index in [9.17, 15) is 36.5 Å². The summed E-state index contributed by atoms with van der Waals surface area (Å²) in [6.45, 7) is 13.7. The Kier molecular flexibility index (Phi) is 17.0. The van der Waals surface area contributed by atoms with Gasteiger partial charge in [-0.25, -0.2) is 35.8 Å². The van der Waals surface area contributed by atoms with Gasteiger partial charge < -0.3 is 29.4 Å². The molecule has 396 valence electrons. The van der Waals surface area contributed by atoms with Crippen molar-refractivity contribution >= 4 is 31.1 Å². The van der Waals surface area contributed by atoms with Crippen molar-refractivity contribution in [3.05, 3.63) is 90.3 Å². The Bertz CT molecular complexity index is 3310. The molecule has 0 amide bonds. The summed E-state index contributed by atoms with van der Waals surface area (Å²) in [6, 6.07) is 9.04. The Morgan fingerprint density at radius 2 is 1.12 bits per heavy atom. The number of hydrogen-bond donors (Lipinski definition) is 3. The number of aliphatic hydroxyl groups excluding tert-OH is 1. The number of hydrogen-bond acceptors (Lipinski definition) is 18. The van der Waals surface area contributed by atoms with Gasteiger partial charge in [0.05, 0.1) is 52.1 Å². The monoisotopic (exact) mass is 1050 g/mol. The molecule has 2 aromatic carbocycles. The van der Waals surface area contributed by atoms with Gasteiger partial charge in [0.25, 0.3) is 16.2 Å². The number of aryl methyl sites for hydroxylation is 4. The van der Waals surface area contributed by atoms with Crippen molar-refractivity contribution in [2.24, 2.45) is 0 Å². The first kappa shape index (κ1) is 54.4. The molecule has 0 aliphatic carbocycles. The van der Waals surface area contributed by atoms with Crippen LogP contribution in [0, 0.1) is 24.0 Å². The van der Waals surface area contributed by atoms with Gasteiger partial charge in [-0.05, 0) is 91.0 Å². The molecule has 2 saturated heterocycles. The minimum absolute atomic E-state index is 0.0218. The number of benzene rings is 2. The molecule has 8 rings (SSSR count). The smallest absolute Gasteiger partial charge is 0.294 e. The lowest BCUT2D eigenvalue weighted by atomic mass is 10.1. The van der Waals surface area contributed by atoms with Crippen LogP contribution in [0.3, 0.4) is 0 Å². The Morgan fingerprint density at radius 3 is 1.49 bits per heavy atom. The van der Waals surface area contributed by atoms with E-state index in [-0.39, 0.29) is 70.9 Å². The maximum Gasteiger partial charge on any atom is 0.294 e. The number of aliphatic hydroxyl groups is 1. The number of aromatic amines is 2. The van der Waals surface area contributed by atoms with Crippen molar-refractivity contribution in [1.29, 1.82) is 0 Å². The summed E-state index contributed by atoms with van der Waals surface area (Å²) in [5.41, 5.74) is 1.87. The number of H-pyrrole nitrogens is 2. The van der Waals surface area contributed by atoms with Gasteiger partial charge >= 0.3 is 0 Å². The van der Waals surface area contributed by atoms with Gasteiger partial charge in [-0.2, -0.15) is 8.61 Å². The summed E-state index contributed by atoms with van der Waals surface area (Å²) < 4.78 is 70.7. The van der Waals surface area contributed by atoms with Gasteiger partial charge in [-0.3, -0.25) is 19.4 Å². The summed E-state index contributed by atoms with van der Waals surface area (Å²) in [5, 5.41) is 27.9. The first-order chi connectivity index (χ1) is 34.8. The summed E-state index contributed by atoms with van der Waals surface area (Å²) in [6.07, 6.45) is 2.93. The van der Waals surface area contributed by atoms with Crippen LogP contribution < -0.4 is 20.6 Å². The number of ether oxygens (including phenoxy) is 2. The molecule has 0 unspecified atom stereocenters. The van der Waals surface area contributed by atoms with E-state index in [1.807, 2.05) is 37.6 Å². The molecule has 4 aromatic heterocycles. The zero-order chi connectivity index (χ0) is 52.9. The highest BCUT2D eigenvalue weighted by atomic mass is 32.2. The first-order valence-electron chi connectivity index (χ1n) is 24.1. The van der Waals surface area contributed by atoms with E-state index < -0.39 is 25.1 Å². The second kappa shape index (κ2) is 22.8. The van der Waals surface area contributed by atoms with Crippen molar-refractivity contribution in [3.8, 4) is 34.3 Å². The van der Waals surface area contributed by atoms with Crippen molar-refractivity contribution in [3.63, 3.8) is 0 Å². The maximum atomic E-state index is 13.4. The minimum atomic E-state index is -3.86. The molecule has 6 aromatic rings. The number of nitrogens with one attached hydrogen (secondary N) is 2. The molecule has 2 aliphatic rings. The van der Waals surface area contributed by atoms with Crippen LogP contribution in [0.1, 0.15) is 63.6 Å². The van der Waals surface area contributed by atoms with Crippen LogP contribution >= 0.6 is 0 Å². The van der Waals surface area contributed by atoms with Gasteiger partial charge in [0, 0.05) is 64.2 Å². The van der Waals surface area contributed by atoms with Crippen LogP contribution in [-0.4, -0.2) is 176 Å². The van der Waals surface area contributed by atoms with E-state index in [1.54, 1.807) is 44.5 Å².